The Balaban J connectivity index is 2.24. The highest BCUT2D eigenvalue weighted by atomic mass is 16.5. The van der Waals surface area contributed by atoms with Gasteiger partial charge in [-0.05, 0) is 37.6 Å². The summed E-state index contributed by atoms with van der Waals surface area (Å²) in [6.45, 7) is 1.03. The number of phenols is 1. The van der Waals surface area contributed by atoms with Crippen molar-refractivity contribution in [1.82, 2.24) is 5.32 Å². The minimum atomic E-state index is 0.272. The van der Waals surface area contributed by atoms with Crippen molar-refractivity contribution in [2.24, 2.45) is 0 Å². The first-order chi connectivity index (χ1) is 7.31. The molecule has 0 saturated carbocycles. The van der Waals surface area contributed by atoms with Crippen LogP contribution in [0, 0.1) is 0 Å². The van der Waals surface area contributed by atoms with Crippen LogP contribution in [0.25, 0.3) is 0 Å². The molecular weight excluding hydrogens is 190 g/mol. The molecule has 1 fully saturated rings. The zero-order valence-corrected chi connectivity index (χ0v) is 8.99. The molecule has 3 nitrogen and oxygen atoms in total. The first-order valence-corrected chi connectivity index (χ1v) is 5.41. The van der Waals surface area contributed by atoms with Crippen molar-refractivity contribution >= 4 is 0 Å². The molecule has 0 amide bonds. The molecule has 0 aromatic heterocycles. The fraction of sp³-hybridized carbons (Fsp3) is 0.500. The van der Waals surface area contributed by atoms with Gasteiger partial charge in [-0.3, -0.25) is 0 Å². The largest absolute Gasteiger partial charge is 0.508 e. The third kappa shape index (κ3) is 2.23. The molecule has 3 heteroatoms. The summed E-state index contributed by atoms with van der Waals surface area (Å²) in [6, 6.07) is 5.67. The number of hydrogen-bond acceptors (Lipinski definition) is 3. The smallest absolute Gasteiger partial charge is 0.120 e. The summed E-state index contributed by atoms with van der Waals surface area (Å²) in [5, 5.41) is 13.2. The lowest BCUT2D eigenvalue weighted by Gasteiger charge is -2.24. The number of methoxy groups -OCH3 is 1. The van der Waals surface area contributed by atoms with E-state index in [2.05, 4.69) is 5.32 Å². The van der Waals surface area contributed by atoms with Gasteiger partial charge in [-0.2, -0.15) is 0 Å². The van der Waals surface area contributed by atoms with Gasteiger partial charge in [0.15, 0.2) is 0 Å². The maximum absolute atomic E-state index is 9.79. The predicted octanol–water partition coefficient (Wildman–Crippen LogP) is 2.22. The molecule has 1 atom stereocenters. The van der Waals surface area contributed by atoms with E-state index in [4.69, 9.17) is 4.74 Å². The number of rotatable bonds is 2. The second-order valence-corrected chi connectivity index (χ2v) is 3.93. The maximum Gasteiger partial charge on any atom is 0.120 e. The van der Waals surface area contributed by atoms with Crippen LogP contribution in [0.1, 0.15) is 30.9 Å². The average Bonchev–Trinajstić information content (AvgIpc) is 2.31. The number of aromatic hydroxyl groups is 1. The molecule has 1 aromatic rings. The van der Waals surface area contributed by atoms with Gasteiger partial charge in [0, 0.05) is 11.6 Å². The van der Waals surface area contributed by atoms with E-state index in [0.29, 0.717) is 5.75 Å². The van der Waals surface area contributed by atoms with Crippen molar-refractivity contribution in [1.29, 1.82) is 0 Å². The van der Waals surface area contributed by atoms with Crippen LogP contribution >= 0.6 is 0 Å². The van der Waals surface area contributed by atoms with E-state index in [1.54, 1.807) is 19.2 Å². The quantitative estimate of drug-likeness (QED) is 0.781. The standard InChI is InChI=1S/C12H17NO2/c1-15-9-5-6-12(14)10(8-9)11-4-2-3-7-13-11/h5-6,8,11,13-14H,2-4,7H2,1H3. The van der Waals surface area contributed by atoms with Gasteiger partial charge >= 0.3 is 0 Å². The summed E-state index contributed by atoms with van der Waals surface area (Å²) in [5.41, 5.74) is 0.953. The van der Waals surface area contributed by atoms with E-state index < -0.39 is 0 Å². The first kappa shape index (κ1) is 10.3. The van der Waals surface area contributed by atoms with Crippen LogP contribution in [0.3, 0.4) is 0 Å². The van der Waals surface area contributed by atoms with E-state index >= 15 is 0 Å². The Morgan fingerprint density at radius 3 is 2.93 bits per heavy atom. The summed E-state index contributed by atoms with van der Waals surface area (Å²) in [5.74, 6) is 1.16. The first-order valence-electron chi connectivity index (χ1n) is 5.41. The van der Waals surface area contributed by atoms with Crippen LogP contribution in [0.4, 0.5) is 0 Å². The van der Waals surface area contributed by atoms with Crippen molar-refractivity contribution in [3.05, 3.63) is 23.8 Å². The third-order valence-corrected chi connectivity index (χ3v) is 2.92. The van der Waals surface area contributed by atoms with E-state index in [0.717, 1.165) is 24.3 Å². The highest BCUT2D eigenvalue weighted by Crippen LogP contribution is 2.32. The predicted molar refractivity (Wildman–Crippen MR) is 59.3 cm³/mol. The zero-order chi connectivity index (χ0) is 10.7. The Morgan fingerprint density at radius 2 is 2.27 bits per heavy atom. The lowest BCUT2D eigenvalue weighted by atomic mass is 9.96. The topological polar surface area (TPSA) is 41.5 Å². The van der Waals surface area contributed by atoms with Crippen molar-refractivity contribution < 1.29 is 9.84 Å². The molecule has 1 aromatic carbocycles. The molecule has 0 bridgehead atoms. The van der Waals surface area contributed by atoms with E-state index in [1.165, 1.54) is 12.8 Å². The molecule has 1 aliphatic rings. The summed E-state index contributed by atoms with van der Waals surface area (Å²) >= 11 is 0. The van der Waals surface area contributed by atoms with Crippen LogP contribution in [0.2, 0.25) is 0 Å². The van der Waals surface area contributed by atoms with Gasteiger partial charge in [-0.1, -0.05) is 6.42 Å². The van der Waals surface area contributed by atoms with Crippen LogP contribution in [0.5, 0.6) is 11.5 Å². The van der Waals surface area contributed by atoms with Crippen molar-refractivity contribution in [3.8, 4) is 11.5 Å². The van der Waals surface area contributed by atoms with Crippen molar-refractivity contribution in [2.45, 2.75) is 25.3 Å². The lowest BCUT2D eigenvalue weighted by molar-refractivity contribution is 0.382. The van der Waals surface area contributed by atoms with Gasteiger partial charge in [0.1, 0.15) is 11.5 Å². The van der Waals surface area contributed by atoms with Crippen LogP contribution in [-0.4, -0.2) is 18.8 Å². The monoisotopic (exact) mass is 207 g/mol. The van der Waals surface area contributed by atoms with Gasteiger partial charge in [0.25, 0.3) is 0 Å². The van der Waals surface area contributed by atoms with Crippen LogP contribution in [-0.2, 0) is 0 Å². The molecular formula is C12H17NO2. The summed E-state index contributed by atoms with van der Waals surface area (Å²) in [4.78, 5) is 0. The van der Waals surface area contributed by atoms with E-state index in [9.17, 15) is 5.11 Å². The average molecular weight is 207 g/mol. The fourth-order valence-corrected chi connectivity index (χ4v) is 2.06. The molecule has 82 valence electrons. The molecule has 0 spiro atoms. The number of piperidine rings is 1. The Labute approximate surface area is 90.1 Å². The second-order valence-electron chi connectivity index (χ2n) is 3.93. The van der Waals surface area contributed by atoms with Gasteiger partial charge in [0.2, 0.25) is 0 Å². The number of hydrogen-bond donors (Lipinski definition) is 2. The fourth-order valence-electron chi connectivity index (χ4n) is 2.06. The molecule has 1 aliphatic heterocycles. The van der Waals surface area contributed by atoms with Crippen molar-refractivity contribution in [2.75, 3.05) is 13.7 Å². The number of nitrogens with one attached hydrogen (secondary N) is 1. The zero-order valence-electron chi connectivity index (χ0n) is 8.99. The molecule has 0 aliphatic carbocycles. The lowest BCUT2D eigenvalue weighted by Crippen LogP contribution is -2.26. The molecule has 1 heterocycles. The Hall–Kier alpha value is -1.22. The summed E-state index contributed by atoms with van der Waals surface area (Å²) in [6.07, 6.45) is 3.52. The molecule has 2 rings (SSSR count). The molecule has 1 saturated heterocycles. The highest BCUT2D eigenvalue weighted by molar-refractivity contribution is 5.41. The molecule has 0 radical (unpaired) electrons. The van der Waals surface area contributed by atoms with Crippen molar-refractivity contribution in [3.63, 3.8) is 0 Å². The van der Waals surface area contributed by atoms with Gasteiger partial charge in [0.05, 0.1) is 7.11 Å². The normalized spacial score (nSPS) is 21.3. The number of ether oxygens (including phenoxy) is 1. The van der Waals surface area contributed by atoms with Gasteiger partial charge in [-0.15, -0.1) is 0 Å². The Morgan fingerprint density at radius 1 is 1.40 bits per heavy atom. The van der Waals surface area contributed by atoms with Crippen LogP contribution < -0.4 is 10.1 Å². The van der Waals surface area contributed by atoms with Gasteiger partial charge < -0.3 is 15.2 Å². The minimum Gasteiger partial charge on any atom is -0.508 e. The molecule has 15 heavy (non-hydrogen) atoms. The molecule has 1 unspecified atom stereocenters. The highest BCUT2D eigenvalue weighted by Gasteiger charge is 2.18. The van der Waals surface area contributed by atoms with E-state index in [1.807, 2.05) is 6.07 Å². The second kappa shape index (κ2) is 4.53. The Bertz CT molecular complexity index is 332. The third-order valence-electron chi connectivity index (χ3n) is 2.92. The summed E-state index contributed by atoms with van der Waals surface area (Å²) < 4.78 is 5.16. The Kier molecular flexibility index (Phi) is 3.11. The SMILES string of the molecule is COc1ccc(O)c(C2CCCCN2)c1. The minimum absolute atomic E-state index is 0.272. The summed E-state index contributed by atoms with van der Waals surface area (Å²) in [7, 11) is 1.64. The van der Waals surface area contributed by atoms with E-state index in [-0.39, 0.29) is 6.04 Å². The number of phenolic OH excluding ortho intramolecular Hbond substituents is 1. The molecule has 2 N–H and O–H groups in total. The van der Waals surface area contributed by atoms with Gasteiger partial charge in [-0.25, -0.2) is 0 Å². The number of benzene rings is 1. The van der Waals surface area contributed by atoms with Crippen LogP contribution in [0.15, 0.2) is 18.2 Å². The maximum atomic E-state index is 9.79.